The lowest BCUT2D eigenvalue weighted by atomic mass is 9.94. The predicted octanol–water partition coefficient (Wildman–Crippen LogP) is 3.18. The molecule has 1 aliphatic rings. The summed E-state index contributed by atoms with van der Waals surface area (Å²) in [5, 5.41) is 0. The van der Waals surface area contributed by atoms with E-state index in [1.165, 1.54) is 12.1 Å². The number of hydrogen-bond acceptors (Lipinski definition) is 4. The number of imidazole rings is 1. The fraction of sp³-hybridized carbons (Fsp3) is 0.316. The van der Waals surface area contributed by atoms with E-state index in [1.807, 2.05) is 29.1 Å². The van der Waals surface area contributed by atoms with Crippen molar-refractivity contribution in [1.29, 1.82) is 0 Å². The fourth-order valence-corrected chi connectivity index (χ4v) is 3.37. The quantitative estimate of drug-likeness (QED) is 0.734. The van der Waals surface area contributed by atoms with Crippen molar-refractivity contribution in [3.8, 4) is 5.82 Å². The number of likely N-dealkylation sites (tertiary alicyclic amines) is 1. The van der Waals surface area contributed by atoms with Gasteiger partial charge in [0.15, 0.2) is 5.82 Å². The molecule has 1 aliphatic heterocycles. The third-order valence-electron chi connectivity index (χ3n) is 4.65. The molecule has 0 N–H and O–H groups in total. The molecule has 0 unspecified atom stereocenters. The topological polar surface area (TPSA) is 46.8 Å². The van der Waals surface area contributed by atoms with E-state index in [0.29, 0.717) is 5.92 Å². The Morgan fingerprint density at radius 2 is 2.00 bits per heavy atom. The maximum Gasteiger partial charge on any atom is 0.156 e. The molecule has 2 aromatic heterocycles. The molecule has 3 aromatic rings. The largest absolute Gasteiger partial charge is 0.298 e. The monoisotopic (exact) mass is 337 g/mol. The van der Waals surface area contributed by atoms with Gasteiger partial charge in [-0.1, -0.05) is 12.1 Å². The molecule has 4 rings (SSSR count). The Labute approximate surface area is 146 Å². The number of nitrogens with zero attached hydrogens (tertiary/aromatic N) is 5. The maximum atomic E-state index is 13.1. The van der Waals surface area contributed by atoms with Gasteiger partial charge in [-0.05, 0) is 37.1 Å². The van der Waals surface area contributed by atoms with Gasteiger partial charge in [0.25, 0.3) is 0 Å². The van der Waals surface area contributed by atoms with Crippen LogP contribution in [0.2, 0.25) is 0 Å². The highest BCUT2D eigenvalue weighted by Gasteiger charge is 2.23. The first-order chi connectivity index (χ1) is 12.3. The van der Waals surface area contributed by atoms with Crippen molar-refractivity contribution < 1.29 is 4.39 Å². The molecule has 0 saturated carbocycles. The first kappa shape index (κ1) is 15.9. The summed E-state index contributed by atoms with van der Waals surface area (Å²) in [4.78, 5) is 15.6. The molecule has 1 saturated heterocycles. The lowest BCUT2D eigenvalue weighted by molar-refractivity contribution is 0.198. The van der Waals surface area contributed by atoms with Crippen LogP contribution >= 0.6 is 0 Å². The van der Waals surface area contributed by atoms with E-state index in [2.05, 4.69) is 14.9 Å². The summed E-state index contributed by atoms with van der Waals surface area (Å²) in [6, 6.07) is 6.77. The first-order valence-corrected chi connectivity index (χ1v) is 8.55. The molecule has 5 nitrogen and oxygen atoms in total. The maximum absolute atomic E-state index is 13.1. The minimum atomic E-state index is -0.188. The third kappa shape index (κ3) is 3.74. The predicted molar refractivity (Wildman–Crippen MR) is 92.8 cm³/mol. The number of rotatable bonds is 4. The Morgan fingerprint density at radius 1 is 1.12 bits per heavy atom. The van der Waals surface area contributed by atoms with Crippen LogP contribution < -0.4 is 0 Å². The van der Waals surface area contributed by atoms with E-state index in [4.69, 9.17) is 4.98 Å². The molecule has 25 heavy (non-hydrogen) atoms. The summed E-state index contributed by atoms with van der Waals surface area (Å²) in [6.45, 7) is 2.84. The number of halogens is 1. The highest BCUT2D eigenvalue weighted by molar-refractivity contribution is 5.22. The van der Waals surface area contributed by atoms with Gasteiger partial charge in [-0.3, -0.25) is 14.5 Å². The average Bonchev–Trinajstić information content (AvgIpc) is 3.19. The summed E-state index contributed by atoms with van der Waals surface area (Å²) < 4.78 is 14.9. The zero-order chi connectivity index (χ0) is 17.1. The smallest absolute Gasteiger partial charge is 0.156 e. The van der Waals surface area contributed by atoms with E-state index in [-0.39, 0.29) is 5.82 Å². The number of aromatic nitrogens is 4. The minimum absolute atomic E-state index is 0.188. The number of benzene rings is 1. The van der Waals surface area contributed by atoms with Gasteiger partial charge in [0.05, 0.1) is 11.9 Å². The second kappa shape index (κ2) is 7.11. The van der Waals surface area contributed by atoms with Crippen LogP contribution in [-0.4, -0.2) is 37.5 Å². The van der Waals surface area contributed by atoms with Crippen LogP contribution in [0.3, 0.4) is 0 Å². The molecule has 0 bridgehead atoms. The van der Waals surface area contributed by atoms with Gasteiger partial charge >= 0.3 is 0 Å². The SMILES string of the molecule is Fc1ccc(CN2CCC[C@H](c3cncc(-n4ccnc4)n3)C2)cc1. The number of hydrogen-bond donors (Lipinski definition) is 0. The van der Waals surface area contributed by atoms with Crippen LogP contribution in [0.25, 0.3) is 5.82 Å². The molecule has 1 atom stereocenters. The minimum Gasteiger partial charge on any atom is -0.298 e. The highest BCUT2D eigenvalue weighted by Crippen LogP contribution is 2.26. The second-order valence-electron chi connectivity index (χ2n) is 6.47. The van der Waals surface area contributed by atoms with Crippen LogP contribution in [0.15, 0.2) is 55.4 Å². The highest BCUT2D eigenvalue weighted by atomic mass is 19.1. The van der Waals surface area contributed by atoms with Crippen molar-refractivity contribution in [2.45, 2.75) is 25.3 Å². The van der Waals surface area contributed by atoms with Gasteiger partial charge in [-0.15, -0.1) is 0 Å². The zero-order valence-electron chi connectivity index (χ0n) is 13.9. The van der Waals surface area contributed by atoms with Gasteiger partial charge in [-0.25, -0.2) is 14.4 Å². The summed E-state index contributed by atoms with van der Waals surface area (Å²) in [5.41, 5.74) is 2.16. The molecular formula is C19H20FN5. The van der Waals surface area contributed by atoms with Crippen molar-refractivity contribution in [3.63, 3.8) is 0 Å². The molecule has 1 aromatic carbocycles. The molecule has 128 valence electrons. The zero-order valence-corrected chi connectivity index (χ0v) is 13.9. The van der Waals surface area contributed by atoms with Gasteiger partial charge in [0, 0.05) is 37.6 Å². The molecule has 6 heteroatoms. The Morgan fingerprint density at radius 3 is 2.80 bits per heavy atom. The van der Waals surface area contributed by atoms with Crippen molar-refractivity contribution in [1.82, 2.24) is 24.4 Å². The van der Waals surface area contributed by atoms with Crippen molar-refractivity contribution in [3.05, 3.63) is 72.5 Å². The standard InChI is InChI=1S/C19H20FN5/c20-17-5-3-15(4-6-17)12-24-8-1-2-16(13-24)18-10-22-11-19(23-18)25-9-7-21-14-25/h3-7,9-11,14,16H,1-2,8,12-13H2/t16-/m0/s1. The van der Waals surface area contributed by atoms with E-state index >= 15 is 0 Å². The Hall–Kier alpha value is -2.60. The fourth-order valence-electron chi connectivity index (χ4n) is 3.37. The van der Waals surface area contributed by atoms with Crippen LogP contribution in [0.4, 0.5) is 4.39 Å². The molecule has 1 fully saturated rings. The van der Waals surface area contributed by atoms with Crippen LogP contribution in [0, 0.1) is 5.82 Å². The lowest BCUT2D eigenvalue weighted by Crippen LogP contribution is -2.34. The molecule has 0 aliphatic carbocycles. The Balaban J connectivity index is 1.47. The van der Waals surface area contributed by atoms with Gasteiger partial charge in [-0.2, -0.15) is 0 Å². The number of piperidine rings is 1. The Bertz CT molecular complexity index is 816. The third-order valence-corrected chi connectivity index (χ3v) is 4.65. The van der Waals surface area contributed by atoms with Crippen LogP contribution in [0.5, 0.6) is 0 Å². The first-order valence-electron chi connectivity index (χ1n) is 8.55. The summed E-state index contributed by atoms with van der Waals surface area (Å²) in [6.07, 6.45) is 11.2. The van der Waals surface area contributed by atoms with Crippen molar-refractivity contribution in [2.75, 3.05) is 13.1 Å². The van der Waals surface area contributed by atoms with Crippen molar-refractivity contribution in [2.24, 2.45) is 0 Å². The van der Waals surface area contributed by atoms with E-state index in [9.17, 15) is 4.39 Å². The molecule has 0 amide bonds. The second-order valence-corrected chi connectivity index (χ2v) is 6.47. The van der Waals surface area contributed by atoms with Gasteiger partial charge < -0.3 is 0 Å². The molecule has 3 heterocycles. The van der Waals surface area contributed by atoms with Crippen molar-refractivity contribution >= 4 is 0 Å². The summed E-state index contributed by atoms with van der Waals surface area (Å²) in [7, 11) is 0. The van der Waals surface area contributed by atoms with E-state index < -0.39 is 0 Å². The van der Waals surface area contributed by atoms with Crippen LogP contribution in [-0.2, 0) is 6.54 Å². The van der Waals surface area contributed by atoms with Gasteiger partial charge in [0.1, 0.15) is 12.1 Å². The summed E-state index contributed by atoms with van der Waals surface area (Å²) in [5.74, 6) is 0.975. The molecule has 0 spiro atoms. The lowest BCUT2D eigenvalue weighted by Gasteiger charge is -2.32. The summed E-state index contributed by atoms with van der Waals surface area (Å²) >= 11 is 0. The van der Waals surface area contributed by atoms with Crippen LogP contribution in [0.1, 0.15) is 30.0 Å². The Kier molecular flexibility index (Phi) is 4.52. The normalized spacial score (nSPS) is 18.4. The average molecular weight is 337 g/mol. The molecular weight excluding hydrogens is 317 g/mol. The van der Waals surface area contributed by atoms with Gasteiger partial charge in [0.2, 0.25) is 0 Å². The molecule has 0 radical (unpaired) electrons. The van der Waals surface area contributed by atoms with E-state index in [1.54, 1.807) is 18.7 Å². The van der Waals surface area contributed by atoms with E-state index in [0.717, 1.165) is 49.6 Å².